The summed E-state index contributed by atoms with van der Waals surface area (Å²) >= 11 is 0. The minimum absolute atomic E-state index is 0.560. The molecule has 1 saturated heterocycles. The summed E-state index contributed by atoms with van der Waals surface area (Å²) in [7, 11) is 2.01. The normalized spacial score (nSPS) is 17.3. The van der Waals surface area contributed by atoms with E-state index in [-0.39, 0.29) is 0 Å². The Kier molecular flexibility index (Phi) is 3.00. The van der Waals surface area contributed by atoms with Gasteiger partial charge in [-0.05, 0) is 19.2 Å². The highest BCUT2D eigenvalue weighted by molar-refractivity contribution is 5.74. The Morgan fingerprint density at radius 3 is 2.95 bits per heavy atom. The van der Waals surface area contributed by atoms with Crippen LogP contribution in [0.2, 0.25) is 0 Å². The molecule has 0 saturated carbocycles. The van der Waals surface area contributed by atoms with Gasteiger partial charge < -0.3 is 15.0 Å². The predicted molar refractivity (Wildman–Crippen MR) is 81.7 cm³/mol. The maximum absolute atomic E-state index is 5.86. The van der Waals surface area contributed by atoms with Crippen LogP contribution >= 0.6 is 0 Å². The second-order valence-electron chi connectivity index (χ2n) is 5.51. The van der Waals surface area contributed by atoms with Crippen LogP contribution in [0.25, 0.3) is 11.3 Å². The number of hydrogen-bond donors (Lipinski definition) is 1. The van der Waals surface area contributed by atoms with E-state index in [4.69, 9.17) is 4.74 Å². The SMILES string of the molecule is CNC1CN(c2ncnc3c2CCOc2ccccc2-3)C1. The molecule has 3 heterocycles. The van der Waals surface area contributed by atoms with Crippen LogP contribution in [0.5, 0.6) is 5.75 Å². The van der Waals surface area contributed by atoms with E-state index in [0.717, 1.165) is 42.3 Å². The van der Waals surface area contributed by atoms with Crippen molar-refractivity contribution in [3.8, 4) is 17.0 Å². The first kappa shape index (κ1) is 12.6. The van der Waals surface area contributed by atoms with E-state index in [9.17, 15) is 0 Å². The molecule has 108 valence electrons. The van der Waals surface area contributed by atoms with Crippen molar-refractivity contribution < 1.29 is 4.74 Å². The van der Waals surface area contributed by atoms with Crippen LogP contribution < -0.4 is 15.0 Å². The van der Waals surface area contributed by atoms with Gasteiger partial charge in [0.2, 0.25) is 0 Å². The molecule has 1 N–H and O–H groups in total. The lowest BCUT2D eigenvalue weighted by Gasteiger charge is -2.40. The van der Waals surface area contributed by atoms with Gasteiger partial charge in [0.25, 0.3) is 0 Å². The minimum Gasteiger partial charge on any atom is -0.493 e. The summed E-state index contributed by atoms with van der Waals surface area (Å²) in [5.41, 5.74) is 3.29. The number of likely N-dealkylation sites (N-methyl/N-ethyl adjacent to an activating group) is 1. The van der Waals surface area contributed by atoms with E-state index in [1.54, 1.807) is 6.33 Å². The van der Waals surface area contributed by atoms with Crippen LogP contribution in [0.3, 0.4) is 0 Å². The second-order valence-corrected chi connectivity index (χ2v) is 5.51. The first-order valence-electron chi connectivity index (χ1n) is 7.35. The number of ether oxygens (including phenoxy) is 1. The fourth-order valence-corrected chi connectivity index (χ4v) is 3.02. The minimum atomic E-state index is 0.560. The highest BCUT2D eigenvalue weighted by Gasteiger charge is 2.30. The van der Waals surface area contributed by atoms with Gasteiger partial charge in [-0.15, -0.1) is 0 Å². The molecule has 0 amide bonds. The van der Waals surface area contributed by atoms with E-state index in [1.807, 2.05) is 25.2 Å². The Bertz CT molecular complexity index is 667. The molecule has 0 radical (unpaired) electrons. The molecule has 5 heteroatoms. The number of rotatable bonds is 2. The summed E-state index contributed by atoms with van der Waals surface area (Å²) in [5.74, 6) is 1.98. The fraction of sp³-hybridized carbons (Fsp3) is 0.375. The average Bonchev–Trinajstić information content (AvgIpc) is 2.66. The van der Waals surface area contributed by atoms with Crippen molar-refractivity contribution in [2.75, 3.05) is 31.6 Å². The van der Waals surface area contributed by atoms with Crippen LogP contribution in [-0.4, -0.2) is 42.8 Å². The van der Waals surface area contributed by atoms with E-state index in [0.29, 0.717) is 12.6 Å². The van der Waals surface area contributed by atoms with Gasteiger partial charge in [0, 0.05) is 36.7 Å². The number of nitrogens with zero attached hydrogens (tertiary/aromatic N) is 3. The highest BCUT2D eigenvalue weighted by atomic mass is 16.5. The molecule has 2 aliphatic heterocycles. The molecule has 1 fully saturated rings. The van der Waals surface area contributed by atoms with Crippen LogP contribution in [-0.2, 0) is 6.42 Å². The standard InChI is InChI=1S/C16H18N4O/c1-17-11-8-20(9-11)16-13-6-7-21-14-5-3-2-4-12(14)15(13)18-10-19-16/h2-5,10-11,17H,6-9H2,1H3. The predicted octanol–water partition coefficient (Wildman–Crippen LogP) is 1.49. The third kappa shape index (κ3) is 2.05. The molecule has 0 spiro atoms. The molecular formula is C16H18N4O. The van der Waals surface area contributed by atoms with Gasteiger partial charge in [-0.2, -0.15) is 0 Å². The van der Waals surface area contributed by atoms with Gasteiger partial charge in [0.1, 0.15) is 17.9 Å². The van der Waals surface area contributed by atoms with Gasteiger partial charge in [-0.1, -0.05) is 12.1 Å². The van der Waals surface area contributed by atoms with Crippen LogP contribution in [0.1, 0.15) is 5.56 Å². The summed E-state index contributed by atoms with van der Waals surface area (Å²) in [4.78, 5) is 11.4. The maximum Gasteiger partial charge on any atom is 0.136 e. The van der Waals surface area contributed by atoms with E-state index >= 15 is 0 Å². The van der Waals surface area contributed by atoms with Crippen molar-refractivity contribution in [1.29, 1.82) is 0 Å². The number of anilines is 1. The molecule has 0 bridgehead atoms. The highest BCUT2D eigenvalue weighted by Crippen LogP contribution is 2.37. The van der Waals surface area contributed by atoms with Gasteiger partial charge in [0.15, 0.2) is 0 Å². The number of hydrogen-bond acceptors (Lipinski definition) is 5. The number of nitrogens with one attached hydrogen (secondary N) is 1. The molecule has 0 atom stereocenters. The zero-order valence-electron chi connectivity index (χ0n) is 12.0. The summed E-state index contributed by atoms with van der Waals surface area (Å²) in [5, 5.41) is 3.30. The van der Waals surface area contributed by atoms with Crippen molar-refractivity contribution in [3.05, 3.63) is 36.2 Å². The lowest BCUT2D eigenvalue weighted by molar-refractivity contribution is 0.326. The third-order valence-electron chi connectivity index (χ3n) is 4.26. The molecule has 21 heavy (non-hydrogen) atoms. The second kappa shape index (κ2) is 5.00. The quantitative estimate of drug-likeness (QED) is 0.904. The Labute approximate surface area is 124 Å². The zero-order chi connectivity index (χ0) is 14.2. The van der Waals surface area contributed by atoms with Gasteiger partial charge >= 0.3 is 0 Å². The number of para-hydroxylation sites is 1. The Hall–Kier alpha value is -2.14. The Morgan fingerprint density at radius 1 is 1.24 bits per heavy atom. The third-order valence-corrected chi connectivity index (χ3v) is 4.26. The Morgan fingerprint density at radius 2 is 2.10 bits per heavy atom. The topological polar surface area (TPSA) is 50.3 Å². The number of benzene rings is 1. The number of aromatic nitrogens is 2. The maximum atomic E-state index is 5.86. The molecule has 0 unspecified atom stereocenters. The molecule has 5 nitrogen and oxygen atoms in total. The fourth-order valence-electron chi connectivity index (χ4n) is 3.02. The molecule has 2 aliphatic rings. The smallest absolute Gasteiger partial charge is 0.136 e. The molecule has 4 rings (SSSR count). The molecular weight excluding hydrogens is 264 g/mol. The summed E-state index contributed by atoms with van der Waals surface area (Å²) in [6, 6.07) is 8.67. The van der Waals surface area contributed by atoms with Crippen molar-refractivity contribution in [3.63, 3.8) is 0 Å². The summed E-state index contributed by atoms with van der Waals surface area (Å²) in [6.07, 6.45) is 2.52. The largest absolute Gasteiger partial charge is 0.493 e. The molecule has 2 aromatic rings. The van der Waals surface area contributed by atoms with Crippen molar-refractivity contribution in [1.82, 2.24) is 15.3 Å². The summed E-state index contributed by atoms with van der Waals surface area (Å²) in [6.45, 7) is 2.68. The van der Waals surface area contributed by atoms with Gasteiger partial charge in [-0.25, -0.2) is 9.97 Å². The van der Waals surface area contributed by atoms with Crippen LogP contribution in [0.15, 0.2) is 30.6 Å². The zero-order valence-corrected chi connectivity index (χ0v) is 12.0. The lowest BCUT2D eigenvalue weighted by Crippen LogP contribution is -2.57. The van der Waals surface area contributed by atoms with Crippen molar-refractivity contribution in [2.45, 2.75) is 12.5 Å². The van der Waals surface area contributed by atoms with Gasteiger partial charge in [0.05, 0.1) is 12.3 Å². The van der Waals surface area contributed by atoms with E-state index < -0.39 is 0 Å². The molecule has 1 aromatic carbocycles. The van der Waals surface area contributed by atoms with Gasteiger partial charge in [-0.3, -0.25) is 0 Å². The summed E-state index contributed by atoms with van der Waals surface area (Å²) < 4.78 is 5.86. The molecule has 0 aliphatic carbocycles. The van der Waals surface area contributed by atoms with Crippen LogP contribution in [0, 0.1) is 0 Å². The van der Waals surface area contributed by atoms with Crippen molar-refractivity contribution >= 4 is 5.82 Å². The van der Waals surface area contributed by atoms with E-state index in [2.05, 4.69) is 26.3 Å². The van der Waals surface area contributed by atoms with Crippen LogP contribution in [0.4, 0.5) is 5.82 Å². The monoisotopic (exact) mass is 282 g/mol. The average molecular weight is 282 g/mol. The Balaban J connectivity index is 1.78. The first-order chi connectivity index (χ1) is 10.4. The van der Waals surface area contributed by atoms with E-state index in [1.165, 1.54) is 5.56 Å². The first-order valence-corrected chi connectivity index (χ1v) is 7.35. The molecule has 1 aromatic heterocycles. The van der Waals surface area contributed by atoms with Crippen molar-refractivity contribution in [2.24, 2.45) is 0 Å². The number of fused-ring (bicyclic) bond motifs is 3. The lowest BCUT2D eigenvalue weighted by atomic mass is 10.0.